The number of rotatable bonds is 4. The number of benzene rings is 1. The molecule has 2 heterocycles. The second-order valence-electron chi connectivity index (χ2n) is 5.95. The third-order valence-electron chi connectivity index (χ3n) is 4.40. The Balaban J connectivity index is 1.63. The highest BCUT2D eigenvalue weighted by Gasteiger charge is 2.31. The number of piperidine rings is 1. The van der Waals surface area contributed by atoms with E-state index in [0.717, 1.165) is 37.3 Å². The number of azide groups is 1. The van der Waals surface area contributed by atoms with E-state index >= 15 is 0 Å². The predicted molar refractivity (Wildman–Crippen MR) is 94.2 cm³/mol. The molecule has 0 unspecified atom stereocenters. The van der Waals surface area contributed by atoms with Gasteiger partial charge in [-0.25, -0.2) is 9.64 Å². The summed E-state index contributed by atoms with van der Waals surface area (Å²) in [6, 6.07) is 7.79. The summed E-state index contributed by atoms with van der Waals surface area (Å²) in [5.41, 5.74) is 11.4. The molecule has 1 aromatic carbocycles. The molecule has 0 bridgehead atoms. The average molecular weight is 338 g/mol. The molecule has 0 spiro atoms. The molecule has 8 heteroatoms. The molecule has 2 aliphatic heterocycles. The average Bonchev–Trinajstić information content (AvgIpc) is 3.02. The van der Waals surface area contributed by atoms with Gasteiger partial charge in [-0.3, -0.25) is 4.90 Å². The summed E-state index contributed by atoms with van der Waals surface area (Å²) >= 11 is 0. The van der Waals surface area contributed by atoms with Gasteiger partial charge in [0.1, 0.15) is 6.10 Å². The molecule has 1 aromatic rings. The van der Waals surface area contributed by atoms with Gasteiger partial charge in [0.15, 0.2) is 6.20 Å². The Hall–Kier alpha value is -3.17. The van der Waals surface area contributed by atoms with E-state index < -0.39 is 12.2 Å². The molecule has 128 valence electrons. The van der Waals surface area contributed by atoms with Crippen LogP contribution < -0.4 is 9.80 Å². The minimum absolute atomic E-state index is 0.144. The van der Waals surface area contributed by atoms with Crippen LogP contribution in [-0.4, -0.2) is 38.4 Å². The first-order chi connectivity index (χ1) is 12.2. The highest BCUT2D eigenvalue weighted by molar-refractivity contribution is 5.90. The second kappa shape index (κ2) is 7.60. The highest BCUT2D eigenvalue weighted by Crippen LogP contribution is 2.27. The van der Waals surface area contributed by atoms with Gasteiger partial charge in [-0.2, -0.15) is 0 Å². The number of nitrogens with zero attached hydrogens (tertiary/aromatic N) is 6. The number of carbonyl (C=O) groups excluding carboxylic acids is 1. The lowest BCUT2D eigenvalue weighted by Gasteiger charge is -2.30. The van der Waals surface area contributed by atoms with E-state index in [-0.39, 0.29) is 6.54 Å². The first kappa shape index (κ1) is 16.7. The first-order valence-corrected chi connectivity index (χ1v) is 8.10. The van der Waals surface area contributed by atoms with Crippen molar-refractivity contribution in [3.05, 3.63) is 57.9 Å². The third-order valence-corrected chi connectivity index (χ3v) is 4.40. The van der Waals surface area contributed by atoms with Gasteiger partial charge in [0.2, 0.25) is 0 Å². The minimum Gasteiger partial charge on any atom is -0.444 e. The van der Waals surface area contributed by atoms with Crippen molar-refractivity contribution in [2.75, 3.05) is 36.0 Å². The molecule has 0 radical (unpaired) electrons. The van der Waals surface area contributed by atoms with Crippen LogP contribution in [-0.2, 0) is 4.74 Å². The van der Waals surface area contributed by atoms with Crippen LogP contribution in [0.4, 0.5) is 16.2 Å². The maximum Gasteiger partial charge on any atom is 0.414 e. The SMILES string of the molecule is [C-]#[N+]C=C1CCN(c2ccc(N3C[C@H](CN=[N+]=[N-])OC3=O)cc2)CC1. The Bertz CT molecular complexity index is 750. The van der Waals surface area contributed by atoms with E-state index in [1.165, 1.54) is 5.57 Å². The molecule has 2 aliphatic rings. The number of hydrogen-bond acceptors (Lipinski definition) is 4. The van der Waals surface area contributed by atoms with Crippen molar-refractivity contribution in [3.63, 3.8) is 0 Å². The van der Waals surface area contributed by atoms with E-state index in [4.69, 9.17) is 16.8 Å². The van der Waals surface area contributed by atoms with Crippen molar-refractivity contribution in [3.8, 4) is 0 Å². The molecular weight excluding hydrogens is 320 g/mol. The van der Waals surface area contributed by atoms with Gasteiger partial charge in [0.25, 0.3) is 0 Å². The van der Waals surface area contributed by atoms with Crippen molar-refractivity contribution in [2.24, 2.45) is 5.11 Å². The lowest BCUT2D eigenvalue weighted by Crippen LogP contribution is -2.30. The topological polar surface area (TPSA) is 85.9 Å². The summed E-state index contributed by atoms with van der Waals surface area (Å²) in [5, 5.41) is 3.46. The van der Waals surface area contributed by atoms with Crippen LogP contribution in [0.25, 0.3) is 15.3 Å². The number of carbonyl (C=O) groups is 1. The van der Waals surface area contributed by atoms with Crippen LogP contribution in [0.5, 0.6) is 0 Å². The number of anilines is 2. The number of amides is 1. The molecule has 0 N–H and O–H groups in total. The third kappa shape index (κ3) is 3.84. The fourth-order valence-electron chi connectivity index (χ4n) is 3.07. The van der Waals surface area contributed by atoms with Crippen LogP contribution in [0, 0.1) is 6.57 Å². The van der Waals surface area contributed by atoms with Gasteiger partial charge in [-0.15, -0.1) is 0 Å². The smallest absolute Gasteiger partial charge is 0.414 e. The second-order valence-corrected chi connectivity index (χ2v) is 5.95. The van der Waals surface area contributed by atoms with Gasteiger partial charge >= 0.3 is 6.09 Å². The molecule has 0 saturated carbocycles. The summed E-state index contributed by atoms with van der Waals surface area (Å²) in [4.78, 5) is 21.8. The van der Waals surface area contributed by atoms with Gasteiger partial charge in [-0.05, 0) is 42.6 Å². The first-order valence-electron chi connectivity index (χ1n) is 8.10. The Morgan fingerprint density at radius 1 is 1.28 bits per heavy atom. The Morgan fingerprint density at radius 2 is 1.96 bits per heavy atom. The number of ether oxygens (including phenoxy) is 1. The molecular formula is C17H18N6O2. The molecule has 2 saturated heterocycles. The van der Waals surface area contributed by atoms with Crippen LogP contribution in [0.3, 0.4) is 0 Å². The van der Waals surface area contributed by atoms with Crippen molar-refractivity contribution >= 4 is 17.5 Å². The van der Waals surface area contributed by atoms with E-state index in [1.807, 2.05) is 24.3 Å². The molecule has 3 rings (SSSR count). The molecule has 8 nitrogen and oxygen atoms in total. The standard InChI is InChI=1S/C17H18N6O2/c1-19-10-13-6-8-22(9-7-13)14-2-4-15(5-3-14)23-12-16(11-20-21-18)25-17(23)24/h2-5,10,16H,6-9,11-12H2/t16-/m0/s1. The molecule has 2 fully saturated rings. The molecule has 0 aliphatic carbocycles. The van der Waals surface area contributed by atoms with Crippen molar-refractivity contribution in [1.82, 2.24) is 0 Å². The van der Waals surface area contributed by atoms with E-state index in [1.54, 1.807) is 11.1 Å². The highest BCUT2D eigenvalue weighted by atomic mass is 16.6. The lowest BCUT2D eigenvalue weighted by atomic mass is 10.0. The van der Waals surface area contributed by atoms with Crippen LogP contribution in [0.1, 0.15) is 12.8 Å². The van der Waals surface area contributed by atoms with E-state index in [0.29, 0.717) is 6.54 Å². The molecule has 25 heavy (non-hydrogen) atoms. The van der Waals surface area contributed by atoms with Gasteiger partial charge in [0.05, 0.1) is 19.7 Å². The van der Waals surface area contributed by atoms with Crippen LogP contribution >= 0.6 is 0 Å². The normalized spacial score (nSPS) is 19.9. The van der Waals surface area contributed by atoms with Crippen LogP contribution in [0.2, 0.25) is 0 Å². The summed E-state index contributed by atoms with van der Waals surface area (Å²) < 4.78 is 5.19. The zero-order valence-electron chi connectivity index (χ0n) is 13.7. The lowest BCUT2D eigenvalue weighted by molar-refractivity contribution is 0.145. The Morgan fingerprint density at radius 3 is 2.60 bits per heavy atom. The molecule has 1 atom stereocenters. The van der Waals surface area contributed by atoms with E-state index in [2.05, 4.69) is 19.8 Å². The van der Waals surface area contributed by atoms with Gasteiger partial charge in [-0.1, -0.05) is 10.7 Å². The summed E-state index contributed by atoms with van der Waals surface area (Å²) in [5.74, 6) is 0. The maximum absolute atomic E-state index is 12.0. The largest absolute Gasteiger partial charge is 0.444 e. The van der Waals surface area contributed by atoms with E-state index in [9.17, 15) is 4.79 Å². The predicted octanol–water partition coefficient (Wildman–Crippen LogP) is 3.73. The fraction of sp³-hybridized carbons (Fsp3) is 0.412. The maximum atomic E-state index is 12.0. The van der Waals surface area contributed by atoms with Crippen molar-refractivity contribution in [1.29, 1.82) is 0 Å². The molecule has 1 amide bonds. The summed E-state index contributed by atoms with van der Waals surface area (Å²) in [6.07, 6.45) is 2.62. The number of cyclic esters (lactones) is 1. The summed E-state index contributed by atoms with van der Waals surface area (Å²) in [7, 11) is 0. The molecule has 0 aromatic heterocycles. The van der Waals surface area contributed by atoms with Gasteiger partial charge in [0, 0.05) is 29.4 Å². The van der Waals surface area contributed by atoms with Crippen LogP contribution in [0.15, 0.2) is 41.2 Å². The van der Waals surface area contributed by atoms with Crippen molar-refractivity contribution < 1.29 is 9.53 Å². The minimum atomic E-state index is -0.419. The fourth-order valence-corrected chi connectivity index (χ4v) is 3.07. The zero-order chi connectivity index (χ0) is 17.6. The summed E-state index contributed by atoms with van der Waals surface area (Å²) in [6.45, 7) is 9.20. The number of hydrogen-bond donors (Lipinski definition) is 0. The van der Waals surface area contributed by atoms with Crippen molar-refractivity contribution in [2.45, 2.75) is 18.9 Å². The van der Waals surface area contributed by atoms with Gasteiger partial charge < -0.3 is 9.64 Å². The quantitative estimate of drug-likeness (QED) is 0.363. The zero-order valence-corrected chi connectivity index (χ0v) is 13.7. The Labute approximate surface area is 145 Å². The Kier molecular flexibility index (Phi) is 5.07. The monoisotopic (exact) mass is 338 g/mol.